The third-order valence-corrected chi connectivity index (χ3v) is 6.20. The monoisotopic (exact) mass is 431 g/mol. The molecule has 3 aliphatic rings. The number of nitrogens with one attached hydrogen (secondary N) is 2. The lowest BCUT2D eigenvalue weighted by atomic mass is 9.94. The maximum absolute atomic E-state index is 13.2. The molecule has 2 heterocycles. The summed E-state index contributed by atoms with van der Waals surface area (Å²) in [6, 6.07) is 11.4. The first-order chi connectivity index (χ1) is 15.5. The lowest BCUT2D eigenvalue weighted by Gasteiger charge is -2.18. The third-order valence-electron chi connectivity index (χ3n) is 6.20. The quantitative estimate of drug-likeness (QED) is 0.730. The molecule has 0 radical (unpaired) electrons. The molecule has 7 heteroatoms. The van der Waals surface area contributed by atoms with Crippen LogP contribution in [0.1, 0.15) is 37.4 Å². The Morgan fingerprint density at radius 3 is 2.75 bits per heavy atom. The number of carbonyl (C=O) groups is 2. The van der Waals surface area contributed by atoms with Crippen LogP contribution in [0.2, 0.25) is 0 Å². The number of aromatic nitrogens is 1. The maximum atomic E-state index is 13.2. The second-order valence-electron chi connectivity index (χ2n) is 8.46. The van der Waals surface area contributed by atoms with Crippen molar-refractivity contribution in [1.29, 1.82) is 0 Å². The van der Waals surface area contributed by atoms with Crippen molar-refractivity contribution in [3.8, 4) is 11.5 Å². The number of rotatable bonds is 6. The van der Waals surface area contributed by atoms with Crippen molar-refractivity contribution in [2.75, 3.05) is 18.7 Å². The molecule has 32 heavy (non-hydrogen) atoms. The van der Waals surface area contributed by atoms with Crippen LogP contribution in [-0.4, -0.2) is 30.1 Å². The van der Waals surface area contributed by atoms with Crippen LogP contribution in [0, 0.1) is 5.92 Å². The minimum absolute atomic E-state index is 0.0209. The summed E-state index contributed by atoms with van der Waals surface area (Å²) in [5, 5.41) is 5.86. The van der Waals surface area contributed by atoms with E-state index < -0.39 is 5.41 Å². The molecule has 1 unspecified atom stereocenters. The van der Waals surface area contributed by atoms with Crippen molar-refractivity contribution < 1.29 is 19.1 Å². The zero-order valence-electron chi connectivity index (χ0n) is 17.9. The Morgan fingerprint density at radius 2 is 2.00 bits per heavy atom. The van der Waals surface area contributed by atoms with Gasteiger partial charge in [-0.3, -0.25) is 9.59 Å². The molecular formula is C25H25N3O4. The maximum Gasteiger partial charge on any atom is 0.236 e. The van der Waals surface area contributed by atoms with Crippen LogP contribution < -0.4 is 20.1 Å². The van der Waals surface area contributed by atoms with Crippen LogP contribution in [0.15, 0.2) is 54.6 Å². The molecule has 5 rings (SSSR count). The summed E-state index contributed by atoms with van der Waals surface area (Å²) in [6.45, 7) is 2.36. The molecule has 0 bridgehead atoms. The van der Waals surface area contributed by atoms with Crippen LogP contribution in [0.4, 0.5) is 5.82 Å². The van der Waals surface area contributed by atoms with Crippen LogP contribution in [0.5, 0.6) is 11.5 Å². The molecule has 2 amide bonds. The van der Waals surface area contributed by atoms with E-state index in [9.17, 15) is 9.59 Å². The molecule has 164 valence electrons. The van der Waals surface area contributed by atoms with Gasteiger partial charge >= 0.3 is 0 Å². The number of hydrogen-bond donors (Lipinski definition) is 2. The van der Waals surface area contributed by atoms with Gasteiger partial charge in [0.25, 0.3) is 0 Å². The summed E-state index contributed by atoms with van der Waals surface area (Å²) < 4.78 is 10.9. The first kappa shape index (κ1) is 20.3. The number of nitrogens with zero attached hydrogens (tertiary/aromatic N) is 1. The number of ether oxygens (including phenoxy) is 2. The lowest BCUT2D eigenvalue weighted by molar-refractivity contribution is -0.119. The van der Waals surface area contributed by atoms with E-state index >= 15 is 0 Å². The van der Waals surface area contributed by atoms with Gasteiger partial charge in [0.05, 0.1) is 11.1 Å². The van der Waals surface area contributed by atoms with E-state index in [2.05, 4.69) is 27.8 Å². The molecule has 0 spiro atoms. The summed E-state index contributed by atoms with van der Waals surface area (Å²) in [6.07, 6.45) is 8.66. The van der Waals surface area contributed by atoms with Gasteiger partial charge in [0, 0.05) is 13.5 Å². The summed E-state index contributed by atoms with van der Waals surface area (Å²) in [5.74, 6) is 2.15. The number of carbonyl (C=O) groups excluding carboxylic acids is 2. The highest BCUT2D eigenvalue weighted by molar-refractivity contribution is 6.01. The zero-order chi connectivity index (χ0) is 22.1. The van der Waals surface area contributed by atoms with E-state index in [1.807, 2.05) is 42.5 Å². The standard InChI is InChI=1S/C25H25N3O4/c1-16(29)26-14-17-5-7-18(8-6-17)20-3-2-4-23(27-20)28-24(30)25(11-12-25)19-9-10-21-22(13-19)32-15-31-21/h2-5,7-10,13,17H,6,11-12,14-15H2,1H3,(H,26,29)(H,27,28,30). The molecule has 1 aromatic heterocycles. The molecule has 1 fully saturated rings. The molecule has 2 aromatic rings. The molecule has 2 N–H and O–H groups in total. The van der Waals surface area contributed by atoms with Gasteiger partial charge in [0.1, 0.15) is 5.82 Å². The number of anilines is 1. The van der Waals surface area contributed by atoms with Crippen LogP contribution >= 0.6 is 0 Å². The summed E-state index contributed by atoms with van der Waals surface area (Å²) in [7, 11) is 0. The normalized spacial score (nSPS) is 19.8. The van der Waals surface area contributed by atoms with E-state index in [0.29, 0.717) is 23.9 Å². The summed E-state index contributed by atoms with van der Waals surface area (Å²) in [4.78, 5) is 28.9. The molecule has 1 aliphatic heterocycles. The first-order valence-electron chi connectivity index (χ1n) is 10.9. The Bertz CT molecular complexity index is 1130. The van der Waals surface area contributed by atoms with Gasteiger partial charge in [-0.2, -0.15) is 0 Å². The van der Waals surface area contributed by atoms with E-state index in [-0.39, 0.29) is 24.5 Å². The zero-order valence-corrected chi connectivity index (χ0v) is 17.9. The fourth-order valence-electron chi connectivity index (χ4n) is 4.15. The number of amides is 2. The minimum atomic E-state index is -0.542. The molecule has 0 saturated heterocycles. The predicted molar refractivity (Wildman–Crippen MR) is 120 cm³/mol. The number of hydrogen-bond acceptors (Lipinski definition) is 5. The minimum Gasteiger partial charge on any atom is -0.454 e. The highest BCUT2D eigenvalue weighted by Crippen LogP contribution is 2.51. The number of pyridine rings is 1. The lowest BCUT2D eigenvalue weighted by Crippen LogP contribution is -2.28. The van der Waals surface area contributed by atoms with E-state index in [0.717, 1.165) is 36.1 Å². The molecule has 1 aromatic carbocycles. The van der Waals surface area contributed by atoms with E-state index in [1.54, 1.807) is 0 Å². The Hall–Kier alpha value is -3.61. The Labute approximate surface area is 186 Å². The van der Waals surface area contributed by atoms with Crippen molar-refractivity contribution in [1.82, 2.24) is 10.3 Å². The smallest absolute Gasteiger partial charge is 0.236 e. The van der Waals surface area contributed by atoms with Gasteiger partial charge < -0.3 is 20.1 Å². The van der Waals surface area contributed by atoms with Crippen LogP contribution in [0.25, 0.3) is 5.57 Å². The average Bonchev–Trinajstić information content (AvgIpc) is 3.49. The molecule has 1 atom stereocenters. The summed E-state index contributed by atoms with van der Waals surface area (Å²) >= 11 is 0. The highest BCUT2D eigenvalue weighted by atomic mass is 16.7. The Morgan fingerprint density at radius 1 is 1.16 bits per heavy atom. The van der Waals surface area contributed by atoms with Crippen molar-refractivity contribution >= 4 is 23.2 Å². The third kappa shape index (κ3) is 3.98. The highest BCUT2D eigenvalue weighted by Gasteiger charge is 2.51. The fraction of sp³-hybridized carbons (Fsp3) is 0.320. The van der Waals surface area contributed by atoms with Gasteiger partial charge in [-0.15, -0.1) is 0 Å². The van der Waals surface area contributed by atoms with E-state index in [4.69, 9.17) is 9.47 Å². The van der Waals surface area contributed by atoms with E-state index in [1.165, 1.54) is 6.92 Å². The summed E-state index contributed by atoms with van der Waals surface area (Å²) in [5.41, 5.74) is 2.22. The second-order valence-corrected chi connectivity index (χ2v) is 8.46. The number of fused-ring (bicyclic) bond motifs is 1. The second kappa shape index (κ2) is 8.15. The van der Waals surface area contributed by atoms with Crippen LogP contribution in [-0.2, 0) is 15.0 Å². The number of allylic oxidation sites excluding steroid dienone is 3. The fourth-order valence-corrected chi connectivity index (χ4v) is 4.15. The molecule has 7 nitrogen and oxygen atoms in total. The first-order valence-corrected chi connectivity index (χ1v) is 10.9. The Balaban J connectivity index is 1.27. The van der Waals surface area contributed by atoms with Gasteiger partial charge in [0.2, 0.25) is 18.6 Å². The van der Waals surface area contributed by atoms with Gasteiger partial charge in [-0.05, 0) is 60.6 Å². The van der Waals surface area contributed by atoms with Crippen molar-refractivity contribution in [3.05, 3.63) is 65.9 Å². The topological polar surface area (TPSA) is 89.6 Å². The van der Waals surface area contributed by atoms with Crippen molar-refractivity contribution in [3.63, 3.8) is 0 Å². The van der Waals surface area contributed by atoms with Gasteiger partial charge in [0.15, 0.2) is 11.5 Å². The Kier molecular flexibility index (Phi) is 5.17. The average molecular weight is 431 g/mol. The molecule has 2 aliphatic carbocycles. The molecule has 1 saturated carbocycles. The van der Waals surface area contributed by atoms with Gasteiger partial charge in [-0.1, -0.05) is 30.4 Å². The number of benzene rings is 1. The predicted octanol–water partition coefficient (Wildman–Crippen LogP) is 3.58. The van der Waals surface area contributed by atoms with Crippen molar-refractivity contribution in [2.24, 2.45) is 5.92 Å². The SMILES string of the molecule is CC(=O)NCC1C=CC(c2cccc(NC(=O)C3(c4ccc5c(c4)OCO5)CC3)n2)=CC1. The molecular weight excluding hydrogens is 406 g/mol. The largest absolute Gasteiger partial charge is 0.454 e. The van der Waals surface area contributed by atoms with Crippen molar-refractivity contribution in [2.45, 2.75) is 31.6 Å². The van der Waals surface area contributed by atoms with Gasteiger partial charge in [-0.25, -0.2) is 4.98 Å². The van der Waals surface area contributed by atoms with Crippen LogP contribution in [0.3, 0.4) is 0 Å².